The molecule has 0 unspecified atom stereocenters. The van der Waals surface area contributed by atoms with Crippen LogP contribution in [0.2, 0.25) is 0 Å². The molecular weight excluding hydrogens is 553 g/mol. The van der Waals surface area contributed by atoms with Gasteiger partial charge in [0.15, 0.2) is 0 Å². The number of ether oxygens (including phenoxy) is 4. The fourth-order valence-electron chi connectivity index (χ4n) is 4.69. The highest BCUT2D eigenvalue weighted by atomic mass is 19.1. The maximum Gasteiger partial charge on any atom is 0.328 e. The number of rotatable bonds is 11. The van der Waals surface area contributed by atoms with Gasteiger partial charge in [-0.1, -0.05) is 12.1 Å². The molecule has 220 valence electrons. The molecule has 0 aliphatic carbocycles. The number of methoxy groups -OCH3 is 3. The van der Waals surface area contributed by atoms with Crippen LogP contribution in [0.15, 0.2) is 54.7 Å². The van der Waals surface area contributed by atoms with Crippen molar-refractivity contribution < 1.29 is 41.7 Å². The summed E-state index contributed by atoms with van der Waals surface area (Å²) in [6.45, 7) is 2.70. The summed E-state index contributed by atoms with van der Waals surface area (Å²) >= 11 is 0. The summed E-state index contributed by atoms with van der Waals surface area (Å²) in [4.78, 5) is 29.9. The monoisotopic (exact) mass is 582 g/mol. The highest BCUT2D eigenvalue weighted by Crippen LogP contribution is 2.43. The molecule has 0 spiro atoms. The van der Waals surface area contributed by atoms with E-state index < -0.39 is 47.4 Å². The van der Waals surface area contributed by atoms with Gasteiger partial charge in [0.2, 0.25) is 0 Å². The zero-order valence-electron chi connectivity index (χ0n) is 23.4. The Morgan fingerprint density at radius 1 is 0.929 bits per heavy atom. The summed E-state index contributed by atoms with van der Waals surface area (Å²) < 4.78 is 66.1. The zero-order chi connectivity index (χ0) is 30.4. The first-order valence-corrected chi connectivity index (χ1v) is 13.0. The van der Waals surface area contributed by atoms with Crippen LogP contribution in [0.1, 0.15) is 28.4 Å². The Morgan fingerprint density at radius 2 is 1.60 bits per heavy atom. The lowest BCUT2D eigenvalue weighted by molar-refractivity contribution is -0.142. The Morgan fingerprint density at radius 3 is 2.19 bits per heavy atom. The third kappa shape index (κ3) is 6.15. The molecule has 1 heterocycles. The maximum atomic E-state index is 16.0. The zero-order valence-corrected chi connectivity index (χ0v) is 23.4. The summed E-state index contributed by atoms with van der Waals surface area (Å²) in [5.74, 6) is -4.29. The van der Waals surface area contributed by atoms with Crippen molar-refractivity contribution in [2.24, 2.45) is 0 Å². The van der Waals surface area contributed by atoms with Gasteiger partial charge in [0.1, 0.15) is 40.6 Å². The van der Waals surface area contributed by atoms with Gasteiger partial charge in [0.25, 0.3) is 5.91 Å². The molecule has 0 fully saturated rings. The van der Waals surface area contributed by atoms with Gasteiger partial charge in [-0.2, -0.15) is 0 Å². The second-order valence-electron chi connectivity index (χ2n) is 9.15. The van der Waals surface area contributed by atoms with E-state index in [2.05, 4.69) is 10.3 Å². The fraction of sp³-hybridized carbons (Fsp3) is 0.258. The number of esters is 1. The van der Waals surface area contributed by atoms with Crippen molar-refractivity contribution in [3.63, 3.8) is 0 Å². The normalized spacial score (nSPS) is 11.7. The van der Waals surface area contributed by atoms with E-state index in [0.29, 0.717) is 46.7 Å². The van der Waals surface area contributed by atoms with Gasteiger partial charge in [-0.3, -0.25) is 9.78 Å². The third-order valence-electron chi connectivity index (χ3n) is 6.64. The van der Waals surface area contributed by atoms with Crippen molar-refractivity contribution in [2.75, 3.05) is 27.9 Å². The molecule has 8 nitrogen and oxygen atoms in total. The molecule has 4 rings (SSSR count). The van der Waals surface area contributed by atoms with E-state index in [1.54, 1.807) is 24.3 Å². The minimum absolute atomic E-state index is 0.0254. The van der Waals surface area contributed by atoms with Gasteiger partial charge in [-0.05, 0) is 54.4 Å². The minimum atomic E-state index is -1.48. The van der Waals surface area contributed by atoms with Gasteiger partial charge in [0.05, 0.1) is 39.0 Å². The topological polar surface area (TPSA) is 96.0 Å². The number of hydrogen-bond donors (Lipinski definition) is 1. The second kappa shape index (κ2) is 13.3. The van der Waals surface area contributed by atoms with Crippen LogP contribution < -0.4 is 14.8 Å². The van der Waals surface area contributed by atoms with Crippen molar-refractivity contribution in [2.45, 2.75) is 26.0 Å². The molecule has 1 N–H and O–H groups in total. The van der Waals surface area contributed by atoms with Crippen LogP contribution in [0.4, 0.5) is 13.2 Å². The summed E-state index contributed by atoms with van der Waals surface area (Å²) in [7, 11) is 4.04. The molecule has 1 aromatic heterocycles. The summed E-state index contributed by atoms with van der Waals surface area (Å²) in [6.07, 6.45) is 1.13. The van der Waals surface area contributed by atoms with E-state index in [4.69, 9.17) is 18.9 Å². The lowest BCUT2D eigenvalue weighted by Gasteiger charge is -2.21. The molecule has 11 heteroatoms. The van der Waals surface area contributed by atoms with Gasteiger partial charge in [0, 0.05) is 30.2 Å². The number of benzene rings is 3. The van der Waals surface area contributed by atoms with Gasteiger partial charge in [-0.25, -0.2) is 18.0 Å². The minimum Gasteiger partial charge on any atom is -0.496 e. The molecule has 0 saturated carbocycles. The van der Waals surface area contributed by atoms with Crippen LogP contribution in [0.25, 0.3) is 22.0 Å². The van der Waals surface area contributed by atoms with E-state index in [0.717, 1.165) is 30.9 Å². The Hall–Kier alpha value is -4.64. The summed E-state index contributed by atoms with van der Waals surface area (Å²) in [6, 6.07) is 9.41. The molecule has 4 aromatic rings. The number of fused-ring (bicyclic) bond motifs is 1. The molecule has 0 aliphatic heterocycles. The molecule has 42 heavy (non-hydrogen) atoms. The van der Waals surface area contributed by atoms with Crippen LogP contribution in [0.3, 0.4) is 0 Å². The van der Waals surface area contributed by atoms with E-state index in [1.807, 2.05) is 6.92 Å². The average molecular weight is 583 g/mol. The van der Waals surface area contributed by atoms with Crippen LogP contribution in [-0.2, 0) is 27.3 Å². The van der Waals surface area contributed by atoms with E-state index in [1.165, 1.54) is 26.5 Å². The SMILES string of the molecule is CCOCc1cc(OC)c(-c2cc(F)c(C[C@H](NC(=O)c3c(F)cccc3F)C(=O)OC)c3cccnc23)c(OC)c1. The van der Waals surface area contributed by atoms with Crippen LogP contribution in [-0.4, -0.2) is 50.8 Å². The van der Waals surface area contributed by atoms with Gasteiger partial charge >= 0.3 is 5.97 Å². The van der Waals surface area contributed by atoms with Crippen molar-refractivity contribution in [1.82, 2.24) is 10.3 Å². The number of hydrogen-bond acceptors (Lipinski definition) is 7. The number of pyridine rings is 1. The lowest BCUT2D eigenvalue weighted by Crippen LogP contribution is -2.43. The van der Waals surface area contributed by atoms with E-state index in [9.17, 15) is 18.4 Å². The molecule has 1 atom stereocenters. The molecule has 0 aliphatic rings. The van der Waals surface area contributed by atoms with Gasteiger partial charge in [-0.15, -0.1) is 0 Å². The van der Waals surface area contributed by atoms with Gasteiger partial charge < -0.3 is 24.3 Å². The van der Waals surface area contributed by atoms with E-state index in [-0.39, 0.29) is 5.56 Å². The standard InChI is InChI=1S/C31H29F3N2O6/c1-5-42-16-17-12-25(39-2)27(26(13-17)40-3)20-14-23(34)19(18-8-7-11-35-29(18)20)15-24(31(38)41-4)36-30(37)28-21(32)9-6-10-22(28)33/h6-14,24H,5,15-16H2,1-4H3,(H,36,37)/t24-/m0/s1. The Balaban J connectivity index is 1.82. The number of nitrogens with one attached hydrogen (secondary N) is 1. The quantitative estimate of drug-likeness (QED) is 0.237. The molecule has 1 amide bonds. The number of nitrogens with zero attached hydrogens (tertiary/aromatic N) is 1. The fourth-order valence-corrected chi connectivity index (χ4v) is 4.69. The first kappa shape index (κ1) is 30.3. The third-order valence-corrected chi connectivity index (χ3v) is 6.64. The summed E-state index contributed by atoms with van der Waals surface area (Å²) in [5, 5.41) is 2.61. The number of carbonyl (C=O) groups is 2. The Kier molecular flexibility index (Phi) is 9.64. The second-order valence-corrected chi connectivity index (χ2v) is 9.15. The molecular formula is C31H29F3N2O6. The van der Waals surface area contributed by atoms with Crippen molar-refractivity contribution >= 4 is 22.8 Å². The predicted molar refractivity (Wildman–Crippen MR) is 149 cm³/mol. The molecule has 0 radical (unpaired) electrons. The number of halogens is 3. The smallest absolute Gasteiger partial charge is 0.328 e. The highest BCUT2D eigenvalue weighted by Gasteiger charge is 2.29. The first-order valence-electron chi connectivity index (χ1n) is 13.0. The first-order chi connectivity index (χ1) is 20.2. The van der Waals surface area contributed by atoms with E-state index >= 15 is 4.39 Å². The average Bonchev–Trinajstić information content (AvgIpc) is 2.99. The number of amides is 1. The highest BCUT2D eigenvalue weighted by molar-refractivity contribution is 6.00. The largest absolute Gasteiger partial charge is 0.496 e. The summed E-state index contributed by atoms with van der Waals surface area (Å²) in [5.41, 5.74) is 1.10. The number of carbonyl (C=O) groups excluding carboxylic acids is 2. The maximum absolute atomic E-state index is 16.0. The van der Waals surface area contributed by atoms with Crippen molar-refractivity contribution in [3.05, 3.63) is 88.9 Å². The van der Waals surface area contributed by atoms with Crippen molar-refractivity contribution in [3.8, 4) is 22.6 Å². The molecule has 0 saturated heterocycles. The predicted octanol–water partition coefficient (Wildman–Crippen LogP) is 5.39. The Labute approximate surface area is 240 Å². The molecule has 0 bridgehead atoms. The molecule has 3 aromatic carbocycles. The Bertz CT molecular complexity index is 1580. The number of aromatic nitrogens is 1. The lowest BCUT2D eigenvalue weighted by atomic mass is 9.93. The van der Waals surface area contributed by atoms with Crippen molar-refractivity contribution in [1.29, 1.82) is 0 Å². The van der Waals surface area contributed by atoms with Crippen LogP contribution in [0.5, 0.6) is 11.5 Å². The van der Waals surface area contributed by atoms with Crippen LogP contribution in [0, 0.1) is 17.5 Å². The van der Waals surface area contributed by atoms with Crippen LogP contribution >= 0.6 is 0 Å².